The molecule has 0 unspecified atom stereocenters. The fourth-order valence-electron chi connectivity index (χ4n) is 4.45. The Labute approximate surface area is 190 Å². The lowest BCUT2D eigenvalue weighted by molar-refractivity contribution is -0.137. The van der Waals surface area contributed by atoms with Crippen LogP contribution in [0.25, 0.3) is 0 Å². The minimum absolute atomic E-state index is 0.0274. The zero-order valence-corrected chi connectivity index (χ0v) is 18.0. The fourth-order valence-corrected chi connectivity index (χ4v) is 4.45. The van der Waals surface area contributed by atoms with Gasteiger partial charge in [-0.15, -0.1) is 0 Å². The van der Waals surface area contributed by atoms with Gasteiger partial charge in [0.1, 0.15) is 24.2 Å². The highest BCUT2D eigenvalue weighted by Crippen LogP contribution is 2.41. The lowest BCUT2D eigenvalue weighted by atomic mass is 9.98. The summed E-state index contributed by atoms with van der Waals surface area (Å²) in [6.45, 7) is 0.612. The smallest absolute Gasteiger partial charge is 0.411 e. The van der Waals surface area contributed by atoms with Crippen molar-refractivity contribution in [3.8, 4) is 23.0 Å². The van der Waals surface area contributed by atoms with E-state index in [9.17, 15) is 9.59 Å². The third kappa shape index (κ3) is 4.76. The zero-order chi connectivity index (χ0) is 22.8. The van der Waals surface area contributed by atoms with Crippen LogP contribution in [0.15, 0.2) is 30.3 Å². The van der Waals surface area contributed by atoms with Crippen LogP contribution >= 0.6 is 0 Å². The van der Waals surface area contributed by atoms with Gasteiger partial charge in [0.05, 0.1) is 13.0 Å². The van der Waals surface area contributed by atoms with Crippen molar-refractivity contribution in [1.82, 2.24) is 0 Å². The second-order valence-electron chi connectivity index (χ2n) is 8.40. The molecule has 174 valence electrons. The highest BCUT2D eigenvalue weighted by Gasteiger charge is 2.27. The maximum atomic E-state index is 12.3. The topological polar surface area (TPSA) is 113 Å². The molecule has 2 aliphatic heterocycles. The molecule has 0 bridgehead atoms. The number of nitrogens with one attached hydrogen (secondary N) is 1. The molecule has 33 heavy (non-hydrogen) atoms. The summed E-state index contributed by atoms with van der Waals surface area (Å²) in [4.78, 5) is 23.3. The molecule has 1 atom stereocenters. The van der Waals surface area contributed by atoms with E-state index in [0.29, 0.717) is 40.9 Å². The normalized spacial score (nSPS) is 18.5. The van der Waals surface area contributed by atoms with Gasteiger partial charge < -0.3 is 28.8 Å². The largest absolute Gasteiger partial charge is 0.492 e. The molecule has 1 aliphatic carbocycles. The summed E-state index contributed by atoms with van der Waals surface area (Å²) in [5.74, 6) is 1.30. The number of aliphatic carboxylic acids is 1. The summed E-state index contributed by atoms with van der Waals surface area (Å²) >= 11 is 0. The molecule has 0 saturated heterocycles. The maximum absolute atomic E-state index is 12.3. The predicted octanol–water partition coefficient (Wildman–Crippen LogP) is 4.44. The second kappa shape index (κ2) is 9.09. The maximum Gasteiger partial charge on any atom is 0.411 e. The number of carboxylic acid groups (broad SMARTS) is 1. The molecule has 1 fully saturated rings. The first-order chi connectivity index (χ1) is 16.0. The second-order valence-corrected chi connectivity index (χ2v) is 8.40. The van der Waals surface area contributed by atoms with Crippen molar-refractivity contribution in [3.63, 3.8) is 0 Å². The Kier molecular flexibility index (Phi) is 5.85. The number of rotatable bonds is 7. The Morgan fingerprint density at radius 2 is 1.91 bits per heavy atom. The van der Waals surface area contributed by atoms with Crippen LogP contribution in [-0.4, -0.2) is 36.7 Å². The first kappa shape index (κ1) is 21.2. The van der Waals surface area contributed by atoms with E-state index >= 15 is 0 Å². The van der Waals surface area contributed by atoms with Crippen LogP contribution in [0.3, 0.4) is 0 Å². The van der Waals surface area contributed by atoms with Crippen molar-refractivity contribution in [2.75, 3.05) is 18.7 Å². The Balaban J connectivity index is 1.27. The number of ether oxygens (including phenoxy) is 5. The van der Waals surface area contributed by atoms with E-state index in [2.05, 4.69) is 5.32 Å². The lowest BCUT2D eigenvalue weighted by Crippen LogP contribution is -2.20. The molecule has 2 aromatic rings. The monoisotopic (exact) mass is 455 g/mol. The van der Waals surface area contributed by atoms with Gasteiger partial charge in [0.15, 0.2) is 11.5 Å². The number of anilines is 1. The van der Waals surface area contributed by atoms with Crippen LogP contribution in [0.1, 0.15) is 49.1 Å². The Bertz CT molecular complexity index is 1060. The van der Waals surface area contributed by atoms with Crippen molar-refractivity contribution in [3.05, 3.63) is 41.5 Å². The summed E-state index contributed by atoms with van der Waals surface area (Å²) in [5, 5.41) is 11.8. The predicted molar refractivity (Wildman–Crippen MR) is 116 cm³/mol. The third-order valence-electron chi connectivity index (χ3n) is 6.05. The van der Waals surface area contributed by atoms with Gasteiger partial charge in [-0.05, 0) is 37.8 Å². The molecule has 1 amide bonds. The van der Waals surface area contributed by atoms with Crippen molar-refractivity contribution in [2.45, 2.75) is 50.7 Å². The molecule has 3 aliphatic rings. The van der Waals surface area contributed by atoms with Gasteiger partial charge in [0.2, 0.25) is 6.79 Å². The lowest BCUT2D eigenvalue weighted by Gasteiger charge is -2.14. The minimum Gasteiger partial charge on any atom is -0.492 e. The van der Waals surface area contributed by atoms with E-state index in [1.807, 2.05) is 6.07 Å². The van der Waals surface area contributed by atoms with E-state index in [1.165, 1.54) is 0 Å². The number of carbonyl (C=O) groups excluding carboxylic acids is 1. The molecule has 2 aromatic carbocycles. The summed E-state index contributed by atoms with van der Waals surface area (Å²) in [7, 11) is 0. The van der Waals surface area contributed by atoms with Gasteiger partial charge in [-0.1, -0.05) is 6.07 Å². The molecule has 1 saturated carbocycles. The molecular weight excluding hydrogens is 430 g/mol. The van der Waals surface area contributed by atoms with Crippen LogP contribution in [0.4, 0.5) is 10.5 Å². The van der Waals surface area contributed by atoms with Gasteiger partial charge in [0, 0.05) is 34.9 Å². The molecule has 2 N–H and O–H groups in total. The number of carboxylic acids is 1. The van der Waals surface area contributed by atoms with Gasteiger partial charge in [0.25, 0.3) is 0 Å². The van der Waals surface area contributed by atoms with Crippen molar-refractivity contribution in [2.24, 2.45) is 0 Å². The van der Waals surface area contributed by atoms with E-state index in [1.54, 1.807) is 24.3 Å². The summed E-state index contributed by atoms with van der Waals surface area (Å²) in [5.41, 5.74) is 2.12. The molecule has 9 nitrogen and oxygen atoms in total. The van der Waals surface area contributed by atoms with E-state index in [0.717, 1.165) is 31.2 Å². The third-order valence-corrected chi connectivity index (χ3v) is 6.05. The van der Waals surface area contributed by atoms with E-state index in [4.69, 9.17) is 28.8 Å². The first-order valence-electron chi connectivity index (χ1n) is 11.1. The Morgan fingerprint density at radius 3 is 2.73 bits per heavy atom. The molecule has 0 aromatic heterocycles. The molecule has 9 heteroatoms. The standard InChI is InChI=1S/C24H25NO8/c26-22(27)8-14-11-30-20-10-18(5-6-19(14)20)29-12-15-7-16(9-21-23(15)32-13-31-21)25-24(28)33-17-3-1-2-4-17/h5-7,9-10,14,17H,1-4,8,11-13H2,(H,25,28)(H,26,27)/t14-/m1/s1. The summed E-state index contributed by atoms with van der Waals surface area (Å²) in [6.07, 6.45) is 3.47. The Morgan fingerprint density at radius 1 is 1.06 bits per heavy atom. The number of fused-ring (bicyclic) bond motifs is 2. The zero-order valence-electron chi connectivity index (χ0n) is 18.0. The Hall–Kier alpha value is -3.62. The summed E-state index contributed by atoms with van der Waals surface area (Å²) < 4.78 is 28.2. The number of hydrogen-bond donors (Lipinski definition) is 2. The molecule has 0 radical (unpaired) electrons. The number of carbonyl (C=O) groups is 2. The van der Waals surface area contributed by atoms with Crippen molar-refractivity contribution in [1.29, 1.82) is 0 Å². The highest BCUT2D eigenvalue weighted by atomic mass is 16.7. The van der Waals surface area contributed by atoms with Gasteiger partial charge >= 0.3 is 12.1 Å². The van der Waals surface area contributed by atoms with Crippen LogP contribution < -0.4 is 24.3 Å². The first-order valence-corrected chi connectivity index (χ1v) is 11.1. The molecule has 0 spiro atoms. The average molecular weight is 455 g/mol. The number of benzene rings is 2. The van der Waals surface area contributed by atoms with Crippen LogP contribution in [0.2, 0.25) is 0 Å². The van der Waals surface area contributed by atoms with E-state index in [-0.39, 0.29) is 31.8 Å². The van der Waals surface area contributed by atoms with Crippen molar-refractivity contribution < 1.29 is 38.4 Å². The summed E-state index contributed by atoms with van der Waals surface area (Å²) in [6, 6.07) is 8.87. The quantitative estimate of drug-likeness (QED) is 0.630. The van der Waals surface area contributed by atoms with Crippen LogP contribution in [-0.2, 0) is 16.1 Å². The van der Waals surface area contributed by atoms with Gasteiger partial charge in [-0.25, -0.2) is 4.79 Å². The van der Waals surface area contributed by atoms with Gasteiger partial charge in [-0.3, -0.25) is 10.1 Å². The van der Waals surface area contributed by atoms with Crippen molar-refractivity contribution >= 4 is 17.7 Å². The fraction of sp³-hybridized carbons (Fsp3) is 0.417. The van der Waals surface area contributed by atoms with Crippen LogP contribution in [0.5, 0.6) is 23.0 Å². The average Bonchev–Trinajstić information content (AvgIpc) is 3.53. The van der Waals surface area contributed by atoms with Gasteiger partial charge in [-0.2, -0.15) is 0 Å². The molecular formula is C24H25NO8. The highest BCUT2D eigenvalue weighted by molar-refractivity contribution is 5.85. The minimum atomic E-state index is -0.853. The molecule has 5 rings (SSSR count). The number of hydrogen-bond acceptors (Lipinski definition) is 7. The van der Waals surface area contributed by atoms with E-state index < -0.39 is 12.1 Å². The van der Waals surface area contributed by atoms with Crippen LogP contribution in [0, 0.1) is 0 Å². The molecule has 2 heterocycles. The SMILES string of the molecule is O=C(O)C[C@@H]1COc2cc(OCc3cc(NC(=O)OC4CCCC4)cc4c3OCO4)ccc21. The number of amides is 1.